The van der Waals surface area contributed by atoms with Gasteiger partial charge in [0.25, 0.3) is 11.6 Å². The van der Waals surface area contributed by atoms with Crippen molar-refractivity contribution < 1.29 is 29.1 Å². The van der Waals surface area contributed by atoms with E-state index < -0.39 is 23.4 Å². The molecule has 0 aliphatic rings. The van der Waals surface area contributed by atoms with Crippen molar-refractivity contribution in [3.63, 3.8) is 0 Å². The molecule has 0 heterocycles. The molecule has 9 heteroatoms. The summed E-state index contributed by atoms with van der Waals surface area (Å²) in [4.78, 5) is 33.9. The number of hydrogen-bond donors (Lipinski definition) is 2. The number of esters is 1. The van der Waals surface area contributed by atoms with Crippen LogP contribution in [0.3, 0.4) is 0 Å². The lowest BCUT2D eigenvalue weighted by Crippen LogP contribution is -2.20. The van der Waals surface area contributed by atoms with Crippen LogP contribution in [0.2, 0.25) is 0 Å². The van der Waals surface area contributed by atoms with E-state index >= 15 is 0 Å². The van der Waals surface area contributed by atoms with E-state index in [1.54, 1.807) is 13.0 Å². The van der Waals surface area contributed by atoms with Crippen LogP contribution in [-0.4, -0.2) is 35.6 Å². The first kappa shape index (κ1) is 20.4. The maximum Gasteiger partial charge on any atom is 0.331 e. The van der Waals surface area contributed by atoms with Gasteiger partial charge in [0.05, 0.1) is 12.0 Å². The fourth-order valence-electron chi connectivity index (χ4n) is 2.23. The molecule has 0 spiro atoms. The Morgan fingerprint density at radius 3 is 2.68 bits per heavy atom. The number of phenols is 1. The first-order valence-corrected chi connectivity index (χ1v) is 8.07. The van der Waals surface area contributed by atoms with Gasteiger partial charge >= 0.3 is 5.97 Å². The fourth-order valence-corrected chi connectivity index (χ4v) is 2.23. The van der Waals surface area contributed by atoms with Crippen molar-refractivity contribution >= 4 is 29.3 Å². The van der Waals surface area contributed by atoms with Crippen molar-refractivity contribution in [2.75, 3.05) is 19.0 Å². The molecule has 2 N–H and O–H groups in total. The van der Waals surface area contributed by atoms with Gasteiger partial charge in [-0.05, 0) is 36.8 Å². The Morgan fingerprint density at radius 1 is 1.25 bits per heavy atom. The summed E-state index contributed by atoms with van der Waals surface area (Å²) in [6.07, 6.45) is 2.56. The normalized spacial score (nSPS) is 10.5. The van der Waals surface area contributed by atoms with E-state index in [0.717, 1.165) is 6.08 Å². The molecule has 2 rings (SSSR count). The molecule has 1 amide bonds. The number of amides is 1. The van der Waals surface area contributed by atoms with Crippen molar-refractivity contribution in [3.05, 3.63) is 63.7 Å². The molecule has 28 heavy (non-hydrogen) atoms. The summed E-state index contributed by atoms with van der Waals surface area (Å²) in [5.74, 6) is -1.17. The third kappa shape index (κ3) is 5.56. The number of anilines is 1. The van der Waals surface area contributed by atoms with Gasteiger partial charge in [0.2, 0.25) is 0 Å². The number of nitrogens with one attached hydrogen (secondary N) is 1. The zero-order valence-corrected chi connectivity index (χ0v) is 15.2. The number of benzene rings is 2. The van der Waals surface area contributed by atoms with E-state index in [1.165, 1.54) is 43.5 Å². The van der Waals surface area contributed by atoms with Crippen LogP contribution in [0.25, 0.3) is 6.08 Å². The Bertz CT molecular complexity index is 938. The standard InChI is InChI=1S/C19H18N2O7/c1-12-3-6-14(10-15(12)21(25)26)20-18(23)11-28-19(24)8-5-13-4-7-16(22)17(9-13)27-2/h3-10,22H,11H2,1-2H3,(H,20,23)/b8-5+. The molecular weight excluding hydrogens is 368 g/mol. The third-order valence-electron chi connectivity index (χ3n) is 3.65. The molecule has 146 valence electrons. The summed E-state index contributed by atoms with van der Waals surface area (Å²) in [7, 11) is 1.40. The Morgan fingerprint density at radius 2 is 2.00 bits per heavy atom. The van der Waals surface area contributed by atoms with Gasteiger partial charge in [-0.2, -0.15) is 0 Å². The lowest BCUT2D eigenvalue weighted by atomic mass is 10.2. The summed E-state index contributed by atoms with van der Waals surface area (Å²) in [5.41, 5.74) is 1.15. The number of phenolic OH excluding ortho intramolecular Hbond substituents is 1. The molecule has 0 atom stereocenters. The van der Waals surface area contributed by atoms with Crippen LogP contribution in [0, 0.1) is 17.0 Å². The Kier molecular flexibility index (Phi) is 6.69. The summed E-state index contributed by atoms with van der Waals surface area (Å²) >= 11 is 0. The molecule has 0 unspecified atom stereocenters. The minimum absolute atomic E-state index is 0.0322. The van der Waals surface area contributed by atoms with Crippen LogP contribution in [0.4, 0.5) is 11.4 Å². The highest BCUT2D eigenvalue weighted by Gasteiger charge is 2.13. The SMILES string of the molecule is COc1cc(/C=C/C(=O)OCC(=O)Nc2ccc(C)c([N+](=O)[O-])c2)ccc1O. The highest BCUT2D eigenvalue weighted by Crippen LogP contribution is 2.26. The van der Waals surface area contributed by atoms with Crippen molar-refractivity contribution in [3.8, 4) is 11.5 Å². The number of aromatic hydroxyl groups is 1. The molecule has 0 aliphatic carbocycles. The molecule has 9 nitrogen and oxygen atoms in total. The zero-order valence-electron chi connectivity index (χ0n) is 15.2. The van der Waals surface area contributed by atoms with E-state index in [0.29, 0.717) is 11.1 Å². The predicted octanol–water partition coefficient (Wildman–Crippen LogP) is 2.81. The van der Waals surface area contributed by atoms with E-state index in [9.17, 15) is 24.8 Å². The molecule has 0 bridgehead atoms. The lowest BCUT2D eigenvalue weighted by molar-refractivity contribution is -0.385. The lowest BCUT2D eigenvalue weighted by Gasteiger charge is -2.06. The zero-order chi connectivity index (χ0) is 20.7. The molecule has 2 aromatic carbocycles. The van der Waals surface area contributed by atoms with Gasteiger partial charge in [-0.15, -0.1) is 0 Å². The van der Waals surface area contributed by atoms with Crippen LogP contribution in [0.5, 0.6) is 11.5 Å². The maximum absolute atomic E-state index is 11.9. The van der Waals surface area contributed by atoms with Crippen LogP contribution in [0.1, 0.15) is 11.1 Å². The number of nitro groups is 1. The minimum Gasteiger partial charge on any atom is -0.504 e. The number of carbonyl (C=O) groups excluding carboxylic acids is 2. The number of hydrogen-bond acceptors (Lipinski definition) is 7. The second kappa shape index (κ2) is 9.17. The maximum atomic E-state index is 11.9. The second-order valence-corrected chi connectivity index (χ2v) is 5.68. The Labute approximate surface area is 160 Å². The van der Waals surface area contributed by atoms with E-state index in [2.05, 4.69) is 5.32 Å². The highest BCUT2D eigenvalue weighted by molar-refractivity contribution is 5.94. The van der Waals surface area contributed by atoms with Gasteiger partial charge in [-0.3, -0.25) is 14.9 Å². The number of nitro benzene ring substituents is 1. The Hall–Kier alpha value is -3.88. The van der Waals surface area contributed by atoms with Crippen molar-refractivity contribution in [2.45, 2.75) is 6.92 Å². The monoisotopic (exact) mass is 386 g/mol. The molecule has 0 aromatic heterocycles. The summed E-state index contributed by atoms with van der Waals surface area (Å²) in [6, 6.07) is 8.76. The topological polar surface area (TPSA) is 128 Å². The van der Waals surface area contributed by atoms with Gasteiger partial charge in [-0.1, -0.05) is 12.1 Å². The average molecular weight is 386 g/mol. The highest BCUT2D eigenvalue weighted by atomic mass is 16.6. The van der Waals surface area contributed by atoms with Crippen LogP contribution in [-0.2, 0) is 14.3 Å². The molecule has 0 fully saturated rings. The molecule has 2 aromatic rings. The van der Waals surface area contributed by atoms with Gasteiger partial charge in [0, 0.05) is 23.4 Å². The van der Waals surface area contributed by atoms with Crippen LogP contribution < -0.4 is 10.1 Å². The summed E-state index contributed by atoms with van der Waals surface area (Å²) < 4.78 is 9.79. The van der Waals surface area contributed by atoms with Gasteiger partial charge < -0.3 is 19.9 Å². The number of aryl methyl sites for hydroxylation is 1. The third-order valence-corrected chi connectivity index (χ3v) is 3.65. The number of ether oxygens (including phenoxy) is 2. The Balaban J connectivity index is 1.89. The van der Waals surface area contributed by atoms with E-state index in [1.807, 2.05) is 0 Å². The van der Waals surface area contributed by atoms with Gasteiger partial charge in [-0.25, -0.2) is 4.79 Å². The van der Waals surface area contributed by atoms with E-state index in [4.69, 9.17) is 9.47 Å². The van der Waals surface area contributed by atoms with Crippen LogP contribution in [0.15, 0.2) is 42.5 Å². The van der Waals surface area contributed by atoms with Gasteiger partial charge in [0.15, 0.2) is 18.1 Å². The first-order chi connectivity index (χ1) is 13.3. The van der Waals surface area contributed by atoms with Crippen molar-refractivity contribution in [1.82, 2.24) is 0 Å². The molecule has 0 saturated carbocycles. The fraction of sp³-hybridized carbons (Fsp3) is 0.158. The van der Waals surface area contributed by atoms with Crippen molar-refractivity contribution in [2.24, 2.45) is 0 Å². The number of methoxy groups -OCH3 is 1. The summed E-state index contributed by atoms with van der Waals surface area (Å²) in [6.45, 7) is 1.03. The van der Waals surface area contributed by atoms with Gasteiger partial charge in [0.1, 0.15) is 0 Å². The predicted molar refractivity (Wildman–Crippen MR) is 101 cm³/mol. The quantitative estimate of drug-likeness (QED) is 0.324. The molecular formula is C19H18N2O7. The average Bonchev–Trinajstić information content (AvgIpc) is 2.67. The second-order valence-electron chi connectivity index (χ2n) is 5.68. The first-order valence-electron chi connectivity index (χ1n) is 8.07. The largest absolute Gasteiger partial charge is 0.504 e. The molecule has 0 radical (unpaired) electrons. The van der Waals surface area contributed by atoms with E-state index in [-0.39, 0.29) is 22.9 Å². The smallest absolute Gasteiger partial charge is 0.331 e. The molecule has 0 saturated heterocycles. The number of rotatable bonds is 7. The molecule has 0 aliphatic heterocycles. The minimum atomic E-state index is -0.753. The van der Waals surface area contributed by atoms with Crippen molar-refractivity contribution in [1.29, 1.82) is 0 Å². The number of nitrogens with zero attached hydrogens (tertiary/aromatic N) is 1. The number of carbonyl (C=O) groups is 2. The van der Waals surface area contributed by atoms with Crippen LogP contribution >= 0.6 is 0 Å². The summed E-state index contributed by atoms with van der Waals surface area (Å²) in [5, 5.41) is 22.9.